The first-order valence-corrected chi connectivity index (χ1v) is 7.58. The van der Waals surface area contributed by atoms with Crippen LogP contribution in [0.25, 0.3) is 0 Å². The van der Waals surface area contributed by atoms with E-state index >= 15 is 0 Å². The van der Waals surface area contributed by atoms with E-state index in [0.29, 0.717) is 0 Å². The minimum absolute atomic E-state index is 0.243. The third kappa shape index (κ3) is 3.36. The van der Waals surface area contributed by atoms with Crippen molar-refractivity contribution in [3.63, 3.8) is 0 Å². The Morgan fingerprint density at radius 2 is 2.19 bits per heavy atom. The molecule has 2 aliphatic rings. The van der Waals surface area contributed by atoms with E-state index in [9.17, 15) is 0 Å². The van der Waals surface area contributed by atoms with Crippen molar-refractivity contribution < 1.29 is 4.74 Å². The highest BCUT2D eigenvalue weighted by molar-refractivity contribution is 7.99. The third-order valence-corrected chi connectivity index (χ3v) is 4.76. The average molecular weight is 244 g/mol. The molecule has 1 atom stereocenters. The number of thioether (sulfide) groups is 1. The molecule has 0 amide bonds. The lowest BCUT2D eigenvalue weighted by Gasteiger charge is -2.39. The van der Waals surface area contributed by atoms with Gasteiger partial charge in [0.05, 0.1) is 6.61 Å². The van der Waals surface area contributed by atoms with E-state index in [1.54, 1.807) is 0 Å². The molecule has 2 fully saturated rings. The highest BCUT2D eigenvalue weighted by Crippen LogP contribution is 2.29. The van der Waals surface area contributed by atoms with Gasteiger partial charge in [0, 0.05) is 37.4 Å². The lowest BCUT2D eigenvalue weighted by molar-refractivity contribution is -0.0207. The zero-order chi connectivity index (χ0) is 11.3. The summed E-state index contributed by atoms with van der Waals surface area (Å²) >= 11 is 2.08. The number of hydrogen-bond donors (Lipinski definition) is 1. The fourth-order valence-electron chi connectivity index (χ4n) is 2.69. The molecule has 16 heavy (non-hydrogen) atoms. The molecule has 2 N–H and O–H groups in total. The van der Waals surface area contributed by atoms with E-state index in [4.69, 9.17) is 10.5 Å². The molecule has 4 heteroatoms. The number of ether oxygens (including phenoxy) is 1. The maximum Gasteiger partial charge on any atom is 0.0546 e. The summed E-state index contributed by atoms with van der Waals surface area (Å²) in [6, 6.07) is 0. The lowest BCUT2D eigenvalue weighted by Crippen LogP contribution is -2.48. The van der Waals surface area contributed by atoms with E-state index in [2.05, 4.69) is 16.7 Å². The summed E-state index contributed by atoms with van der Waals surface area (Å²) in [6.07, 6.45) is 3.75. The van der Waals surface area contributed by atoms with Crippen LogP contribution < -0.4 is 5.73 Å². The van der Waals surface area contributed by atoms with Crippen molar-refractivity contribution in [2.75, 3.05) is 50.9 Å². The van der Waals surface area contributed by atoms with Crippen LogP contribution in [0.5, 0.6) is 0 Å². The van der Waals surface area contributed by atoms with Gasteiger partial charge in [0.25, 0.3) is 0 Å². The number of nitrogens with zero attached hydrogens (tertiary/aromatic N) is 1. The number of rotatable bonds is 3. The molecule has 1 unspecified atom stereocenters. The van der Waals surface area contributed by atoms with Gasteiger partial charge in [-0.2, -0.15) is 11.8 Å². The highest BCUT2D eigenvalue weighted by atomic mass is 32.2. The lowest BCUT2D eigenvalue weighted by atomic mass is 9.82. The first-order valence-electron chi connectivity index (χ1n) is 6.43. The minimum atomic E-state index is 0.243. The molecule has 94 valence electrons. The SMILES string of the molecule is NCC1(CN2CCCSCC2)CCCOC1. The van der Waals surface area contributed by atoms with Gasteiger partial charge in [0.2, 0.25) is 0 Å². The summed E-state index contributed by atoms with van der Waals surface area (Å²) in [5.74, 6) is 2.60. The molecule has 0 radical (unpaired) electrons. The second-order valence-electron chi connectivity index (χ2n) is 5.10. The van der Waals surface area contributed by atoms with Crippen LogP contribution in [-0.4, -0.2) is 55.8 Å². The van der Waals surface area contributed by atoms with Gasteiger partial charge in [-0.3, -0.25) is 0 Å². The first-order chi connectivity index (χ1) is 7.85. The van der Waals surface area contributed by atoms with Crippen LogP contribution >= 0.6 is 11.8 Å². The van der Waals surface area contributed by atoms with Gasteiger partial charge in [-0.25, -0.2) is 0 Å². The fraction of sp³-hybridized carbons (Fsp3) is 1.00. The molecule has 2 rings (SSSR count). The summed E-state index contributed by atoms with van der Waals surface area (Å²) in [5, 5.41) is 0. The third-order valence-electron chi connectivity index (χ3n) is 3.71. The Morgan fingerprint density at radius 3 is 2.94 bits per heavy atom. The molecule has 0 bridgehead atoms. The second-order valence-corrected chi connectivity index (χ2v) is 6.33. The van der Waals surface area contributed by atoms with Crippen LogP contribution in [0.3, 0.4) is 0 Å². The van der Waals surface area contributed by atoms with E-state index in [1.807, 2.05) is 0 Å². The van der Waals surface area contributed by atoms with Crippen molar-refractivity contribution in [2.24, 2.45) is 11.1 Å². The summed E-state index contributed by atoms with van der Waals surface area (Å²) < 4.78 is 5.64. The molecule has 2 heterocycles. The van der Waals surface area contributed by atoms with Crippen LogP contribution in [0.4, 0.5) is 0 Å². The van der Waals surface area contributed by atoms with Crippen LogP contribution in [0.2, 0.25) is 0 Å². The smallest absolute Gasteiger partial charge is 0.0546 e. The highest BCUT2D eigenvalue weighted by Gasteiger charge is 2.33. The van der Waals surface area contributed by atoms with Gasteiger partial charge in [0.15, 0.2) is 0 Å². The first kappa shape index (κ1) is 12.7. The molecule has 0 saturated carbocycles. The predicted octanol–water partition coefficient (Wildman–Crippen LogP) is 1.18. The molecule has 0 aliphatic carbocycles. The Bertz CT molecular complexity index is 199. The Labute approximate surface area is 103 Å². The van der Waals surface area contributed by atoms with Crippen molar-refractivity contribution in [1.82, 2.24) is 4.90 Å². The predicted molar refractivity (Wildman–Crippen MR) is 69.9 cm³/mol. The van der Waals surface area contributed by atoms with E-state index < -0.39 is 0 Å². The van der Waals surface area contributed by atoms with Crippen LogP contribution in [0.1, 0.15) is 19.3 Å². The molecule has 2 aliphatic heterocycles. The number of nitrogens with two attached hydrogens (primary N) is 1. The molecule has 0 spiro atoms. The van der Waals surface area contributed by atoms with Gasteiger partial charge in [-0.15, -0.1) is 0 Å². The topological polar surface area (TPSA) is 38.5 Å². The van der Waals surface area contributed by atoms with Crippen molar-refractivity contribution in [3.8, 4) is 0 Å². The zero-order valence-corrected chi connectivity index (χ0v) is 10.9. The summed E-state index contributed by atoms with van der Waals surface area (Å²) in [5.41, 5.74) is 6.23. The zero-order valence-electron chi connectivity index (χ0n) is 10.1. The van der Waals surface area contributed by atoms with Gasteiger partial charge in [-0.1, -0.05) is 0 Å². The van der Waals surface area contributed by atoms with Crippen molar-refractivity contribution in [3.05, 3.63) is 0 Å². The quantitative estimate of drug-likeness (QED) is 0.809. The summed E-state index contributed by atoms with van der Waals surface area (Å²) in [4.78, 5) is 2.60. The summed E-state index contributed by atoms with van der Waals surface area (Å²) in [6.45, 7) is 6.19. The van der Waals surface area contributed by atoms with Crippen molar-refractivity contribution >= 4 is 11.8 Å². The van der Waals surface area contributed by atoms with Crippen molar-refractivity contribution in [2.45, 2.75) is 19.3 Å². The van der Waals surface area contributed by atoms with Gasteiger partial charge in [-0.05, 0) is 31.6 Å². The molecular weight excluding hydrogens is 220 g/mol. The normalized spacial score (nSPS) is 33.6. The Kier molecular flexibility index (Phi) is 4.95. The van der Waals surface area contributed by atoms with Crippen LogP contribution in [0, 0.1) is 5.41 Å². The molecule has 2 saturated heterocycles. The molecule has 3 nitrogen and oxygen atoms in total. The molecule has 0 aromatic carbocycles. The van der Waals surface area contributed by atoms with E-state index in [-0.39, 0.29) is 5.41 Å². The Balaban J connectivity index is 1.88. The Hall–Kier alpha value is 0.230. The van der Waals surface area contributed by atoms with Crippen LogP contribution in [0.15, 0.2) is 0 Å². The average Bonchev–Trinajstić information content (AvgIpc) is 2.59. The molecule has 0 aromatic rings. The van der Waals surface area contributed by atoms with Gasteiger partial charge >= 0.3 is 0 Å². The van der Waals surface area contributed by atoms with Crippen LogP contribution in [-0.2, 0) is 4.74 Å². The van der Waals surface area contributed by atoms with E-state index in [0.717, 1.165) is 26.3 Å². The minimum Gasteiger partial charge on any atom is -0.381 e. The monoisotopic (exact) mass is 244 g/mol. The molecular formula is C12H24N2OS. The maximum atomic E-state index is 5.98. The second kappa shape index (κ2) is 6.24. The largest absolute Gasteiger partial charge is 0.381 e. The standard InChI is InChI=1S/C12H24N2OS/c13-9-12(3-1-6-15-11-12)10-14-4-2-7-16-8-5-14/h1-11,13H2. The van der Waals surface area contributed by atoms with Gasteiger partial charge < -0.3 is 15.4 Å². The maximum absolute atomic E-state index is 5.98. The van der Waals surface area contributed by atoms with Gasteiger partial charge in [0.1, 0.15) is 0 Å². The fourth-order valence-corrected chi connectivity index (χ4v) is 3.62. The summed E-state index contributed by atoms with van der Waals surface area (Å²) in [7, 11) is 0. The number of hydrogen-bond acceptors (Lipinski definition) is 4. The van der Waals surface area contributed by atoms with E-state index in [1.165, 1.54) is 43.9 Å². The molecule has 0 aromatic heterocycles. The van der Waals surface area contributed by atoms with Crippen molar-refractivity contribution in [1.29, 1.82) is 0 Å². The Morgan fingerprint density at radius 1 is 1.25 bits per heavy atom.